The van der Waals surface area contributed by atoms with Gasteiger partial charge in [-0.2, -0.15) is 0 Å². The quantitative estimate of drug-likeness (QED) is 0.512. The zero-order valence-electron chi connectivity index (χ0n) is 3.63. The Morgan fingerprint density at radius 2 is 2.29 bits per heavy atom. The molecule has 0 rings (SSSR count). The second-order valence-corrected chi connectivity index (χ2v) is 0.970. The topological polar surface area (TPSA) is 57.2 Å². The monoisotopic (exact) mass is 101 g/mol. The summed E-state index contributed by atoms with van der Waals surface area (Å²) in [7, 11) is 0. The lowest BCUT2D eigenvalue weighted by atomic mass is 10.4. The van der Waals surface area contributed by atoms with Gasteiger partial charge in [0.25, 0.3) is 0 Å². The van der Waals surface area contributed by atoms with Crippen LogP contribution in [0.25, 0.3) is 0 Å². The van der Waals surface area contributed by atoms with Crippen molar-refractivity contribution in [2.75, 3.05) is 0 Å². The average Bonchev–Trinajstić information content (AvgIpc) is 1.61. The molecule has 0 atom stereocenters. The van der Waals surface area contributed by atoms with Crippen LogP contribution in [0.5, 0.6) is 0 Å². The number of hydrogen-bond donors (Lipinski definition) is 1. The largest absolute Gasteiger partial charge is 0.481 e. The van der Waals surface area contributed by atoms with E-state index in [4.69, 9.17) is 5.11 Å². The Morgan fingerprint density at radius 1 is 1.71 bits per heavy atom. The van der Waals surface area contributed by atoms with E-state index in [0.29, 0.717) is 6.26 Å². The molecule has 7 heavy (non-hydrogen) atoms. The van der Waals surface area contributed by atoms with Crippen LogP contribution in [0.2, 0.25) is 0 Å². The Balaban J connectivity index is 3.14. The molecule has 3 nitrogen and oxygen atoms in total. The minimum atomic E-state index is -0.980. The van der Waals surface area contributed by atoms with Crippen molar-refractivity contribution in [2.24, 2.45) is 0 Å². The Bertz CT molecular complexity index is 84.9. The fraction of sp³-hybridized carbons (Fsp3) is 0.250. The van der Waals surface area contributed by atoms with E-state index in [0.717, 1.165) is 6.08 Å². The van der Waals surface area contributed by atoms with Crippen molar-refractivity contribution in [1.82, 2.24) is 0 Å². The van der Waals surface area contributed by atoms with E-state index in [1.807, 2.05) is 0 Å². The molecule has 0 bridgehead atoms. The van der Waals surface area contributed by atoms with Gasteiger partial charge >= 0.3 is 5.97 Å². The van der Waals surface area contributed by atoms with Crippen molar-refractivity contribution in [2.45, 2.75) is 6.42 Å². The molecule has 0 fully saturated rings. The van der Waals surface area contributed by atoms with E-state index < -0.39 is 5.97 Å². The molecule has 0 aromatic rings. The van der Waals surface area contributed by atoms with Crippen molar-refractivity contribution >= 4 is 5.97 Å². The van der Waals surface area contributed by atoms with Gasteiger partial charge in [0.2, 0.25) is 0 Å². The third-order valence-corrected chi connectivity index (χ3v) is 0.389. The summed E-state index contributed by atoms with van der Waals surface area (Å²) in [5, 5.41) is 17.2. The predicted octanol–water partition coefficient (Wildman–Crippen LogP) is 0.405. The van der Waals surface area contributed by atoms with Crippen molar-refractivity contribution in [3.05, 3.63) is 12.3 Å². The molecular weight excluding hydrogens is 96.0 g/mol. The maximum absolute atomic E-state index is 9.57. The second-order valence-electron chi connectivity index (χ2n) is 0.970. The summed E-state index contributed by atoms with van der Waals surface area (Å²) in [6.45, 7) is 0. The molecule has 0 aliphatic heterocycles. The molecule has 1 N–H and O–H groups in total. The highest BCUT2D eigenvalue weighted by Gasteiger charge is 1.86. The molecule has 3 heteroatoms. The zero-order valence-corrected chi connectivity index (χ0v) is 3.63. The van der Waals surface area contributed by atoms with E-state index in [2.05, 4.69) is 0 Å². The van der Waals surface area contributed by atoms with E-state index in [1.165, 1.54) is 0 Å². The lowest BCUT2D eigenvalue weighted by molar-refractivity contribution is -0.136. The highest BCUT2D eigenvalue weighted by Crippen LogP contribution is 1.78. The van der Waals surface area contributed by atoms with Crippen LogP contribution in [0.15, 0.2) is 12.3 Å². The molecule has 0 aromatic heterocycles. The summed E-state index contributed by atoms with van der Waals surface area (Å²) in [4.78, 5) is 9.57. The van der Waals surface area contributed by atoms with Crippen molar-refractivity contribution in [3.63, 3.8) is 0 Å². The van der Waals surface area contributed by atoms with Gasteiger partial charge in [0.15, 0.2) is 0 Å². The Hall–Kier alpha value is -0.990. The predicted molar refractivity (Wildman–Crippen MR) is 22.1 cm³/mol. The van der Waals surface area contributed by atoms with Crippen molar-refractivity contribution in [1.29, 1.82) is 0 Å². The minimum Gasteiger partial charge on any atom is -0.481 e. The molecule has 0 heterocycles. The minimum absolute atomic E-state index is 0.177. The van der Waals surface area contributed by atoms with Crippen LogP contribution >= 0.6 is 0 Å². The fourth-order valence-electron chi connectivity index (χ4n) is 0.149. The van der Waals surface area contributed by atoms with Crippen LogP contribution < -0.4 is 0 Å². The average molecular weight is 101 g/mol. The molecule has 0 spiro atoms. The summed E-state index contributed by atoms with van der Waals surface area (Å²) >= 11 is 0. The van der Waals surface area contributed by atoms with Crippen molar-refractivity contribution < 1.29 is 15.0 Å². The third-order valence-electron chi connectivity index (χ3n) is 0.389. The van der Waals surface area contributed by atoms with Crippen molar-refractivity contribution in [3.8, 4) is 0 Å². The smallest absolute Gasteiger partial charge is 0.307 e. The van der Waals surface area contributed by atoms with Gasteiger partial charge in [0.05, 0.1) is 6.42 Å². The van der Waals surface area contributed by atoms with Gasteiger partial charge in [-0.05, 0) is 6.08 Å². The zero-order chi connectivity index (χ0) is 5.70. The van der Waals surface area contributed by atoms with Gasteiger partial charge in [0, 0.05) is 0 Å². The summed E-state index contributed by atoms with van der Waals surface area (Å²) < 4.78 is 0. The Labute approximate surface area is 40.9 Å². The number of carboxylic acids is 1. The van der Waals surface area contributed by atoms with Crippen LogP contribution in [-0.4, -0.2) is 11.1 Å². The first-order chi connectivity index (χ1) is 3.27. The Morgan fingerprint density at radius 3 is 2.43 bits per heavy atom. The number of hydrogen-bond acceptors (Lipinski definition) is 1. The summed E-state index contributed by atoms with van der Waals surface area (Å²) in [5.74, 6) is -0.980. The highest BCUT2D eigenvalue weighted by atomic mass is 16.4. The van der Waals surface area contributed by atoms with Gasteiger partial charge < -0.3 is 5.11 Å². The number of aliphatic carboxylic acids is 1. The van der Waals surface area contributed by atoms with Gasteiger partial charge in [-0.15, -0.1) is 0 Å². The summed E-state index contributed by atoms with van der Waals surface area (Å²) in [6, 6.07) is 0. The van der Waals surface area contributed by atoms with Crippen LogP contribution in [0.4, 0.5) is 0 Å². The molecule has 0 aromatic carbocycles. The molecule has 0 saturated carbocycles. The molecular formula is C4H5O3. The standard InChI is InChI=1S/C4H5O3/c5-3-1-2-4(6)7/h1,3H,2H2,(H,6,7)/b3-1-. The number of carboxylic acid groups (broad SMARTS) is 1. The van der Waals surface area contributed by atoms with E-state index >= 15 is 0 Å². The van der Waals surface area contributed by atoms with Crippen LogP contribution in [0.1, 0.15) is 6.42 Å². The fourth-order valence-corrected chi connectivity index (χ4v) is 0.149. The SMILES string of the molecule is [O]/C=C\CC(=O)O. The molecule has 1 radical (unpaired) electrons. The third kappa shape index (κ3) is 5.01. The first-order valence-corrected chi connectivity index (χ1v) is 1.76. The van der Waals surface area contributed by atoms with Gasteiger partial charge in [-0.1, -0.05) is 0 Å². The maximum Gasteiger partial charge on any atom is 0.307 e. The molecule has 39 valence electrons. The lowest BCUT2D eigenvalue weighted by Gasteiger charge is -1.75. The Kier molecular flexibility index (Phi) is 2.76. The lowest BCUT2D eigenvalue weighted by Crippen LogP contribution is -1.89. The first-order valence-electron chi connectivity index (χ1n) is 1.76. The second kappa shape index (κ2) is 3.21. The molecule has 0 aliphatic rings. The number of carbonyl (C=O) groups is 1. The van der Waals surface area contributed by atoms with E-state index in [-0.39, 0.29) is 6.42 Å². The van der Waals surface area contributed by atoms with Gasteiger partial charge in [-0.3, -0.25) is 9.90 Å². The van der Waals surface area contributed by atoms with Crippen LogP contribution in [-0.2, 0) is 9.90 Å². The maximum atomic E-state index is 9.57. The molecule has 0 unspecified atom stereocenters. The van der Waals surface area contributed by atoms with E-state index in [1.54, 1.807) is 0 Å². The highest BCUT2D eigenvalue weighted by molar-refractivity contribution is 5.68. The van der Waals surface area contributed by atoms with Gasteiger partial charge in [0.1, 0.15) is 6.26 Å². The normalized spacial score (nSPS) is 9.71. The molecule has 0 aliphatic carbocycles. The van der Waals surface area contributed by atoms with E-state index in [9.17, 15) is 9.90 Å². The molecule has 0 amide bonds. The van der Waals surface area contributed by atoms with Crippen LogP contribution in [0.3, 0.4) is 0 Å². The number of rotatable bonds is 2. The molecule has 0 saturated heterocycles. The first kappa shape index (κ1) is 6.01. The van der Waals surface area contributed by atoms with Crippen LogP contribution in [0, 0.1) is 0 Å². The van der Waals surface area contributed by atoms with Gasteiger partial charge in [-0.25, -0.2) is 0 Å². The summed E-state index contributed by atoms with van der Waals surface area (Å²) in [6.07, 6.45) is 1.33. The summed E-state index contributed by atoms with van der Waals surface area (Å²) in [5.41, 5.74) is 0.